The number of H-pyrrole nitrogens is 1. The van der Waals surface area contributed by atoms with Gasteiger partial charge >= 0.3 is 5.69 Å². The van der Waals surface area contributed by atoms with E-state index in [9.17, 15) is 14.4 Å². The number of hydrogen-bond donors (Lipinski definition) is 3. The first-order chi connectivity index (χ1) is 24.4. The zero-order chi connectivity index (χ0) is 38.9. The molecule has 0 unspecified atom stereocenters. The lowest BCUT2D eigenvalue weighted by Crippen LogP contribution is -2.38. The van der Waals surface area contributed by atoms with Crippen LogP contribution >= 0.6 is 0 Å². The van der Waals surface area contributed by atoms with Gasteiger partial charge in [-0.25, -0.2) is 19.7 Å². The molecule has 0 aromatic carbocycles. The van der Waals surface area contributed by atoms with Crippen LogP contribution in [0.25, 0.3) is 22.2 Å². The van der Waals surface area contributed by atoms with E-state index in [0.717, 1.165) is 22.4 Å². The van der Waals surface area contributed by atoms with Gasteiger partial charge in [-0.1, -0.05) is 6.58 Å². The molecule has 1 amide bonds. The average molecular weight is 717 g/mol. The lowest BCUT2D eigenvalue weighted by atomic mass is 10.3. The van der Waals surface area contributed by atoms with Crippen LogP contribution in [0.1, 0.15) is 92.0 Å². The molecule has 6 heterocycles. The van der Waals surface area contributed by atoms with Crippen LogP contribution in [0, 0.1) is 13.8 Å². The van der Waals surface area contributed by atoms with Crippen molar-refractivity contribution in [3.8, 4) is 5.88 Å². The molecule has 4 N–H and O–H groups in total. The largest absolute Gasteiger partial charge is 0.476 e. The first-order valence-corrected chi connectivity index (χ1v) is 17.2. The van der Waals surface area contributed by atoms with Crippen molar-refractivity contribution in [1.82, 2.24) is 53.8 Å². The number of amides is 1. The van der Waals surface area contributed by atoms with E-state index >= 15 is 0 Å². The SMILES string of the molecule is C=C1NC(=O)C=CN1C(C)C.CC(C)n1ccc(N)nc1=O.CCOc1nc(C)nc2c1ncn2C(C)C.Cc1cc2c(ncn2C(C)C)c(=O)[nH]1. The Morgan fingerprint density at radius 3 is 2.02 bits per heavy atom. The Labute approximate surface area is 303 Å². The number of aromatic nitrogens is 9. The Kier molecular flexibility index (Phi) is 14.0. The number of nitrogens with zero attached hydrogens (tertiary/aromatic N) is 9. The molecule has 0 aliphatic carbocycles. The topological polar surface area (TPSA) is 197 Å². The summed E-state index contributed by atoms with van der Waals surface area (Å²) in [7, 11) is 0. The summed E-state index contributed by atoms with van der Waals surface area (Å²) in [5.74, 6) is 2.09. The number of aromatic amines is 1. The Balaban J connectivity index is 0.000000189. The number of pyridine rings is 1. The maximum Gasteiger partial charge on any atom is 0.349 e. The lowest BCUT2D eigenvalue weighted by molar-refractivity contribution is -0.116. The number of nitrogen functional groups attached to an aromatic ring is 1. The number of carbonyl (C=O) groups is 1. The van der Waals surface area contributed by atoms with Gasteiger partial charge < -0.3 is 34.8 Å². The second kappa shape index (κ2) is 17.9. The van der Waals surface area contributed by atoms with Crippen molar-refractivity contribution in [2.45, 2.75) is 100 Å². The quantitative estimate of drug-likeness (QED) is 0.215. The molecular weight excluding hydrogens is 664 g/mol. The van der Waals surface area contributed by atoms with E-state index in [1.807, 2.05) is 68.6 Å². The molecule has 6 rings (SSSR count). The smallest absolute Gasteiger partial charge is 0.349 e. The van der Waals surface area contributed by atoms with Crippen LogP contribution in [0.15, 0.2) is 65.2 Å². The highest BCUT2D eigenvalue weighted by atomic mass is 16.5. The molecule has 5 aromatic heterocycles. The molecule has 280 valence electrons. The molecule has 16 heteroatoms. The van der Waals surface area contributed by atoms with E-state index in [2.05, 4.69) is 69.5 Å². The summed E-state index contributed by atoms with van der Waals surface area (Å²) < 4.78 is 11.0. The summed E-state index contributed by atoms with van der Waals surface area (Å²) in [4.78, 5) is 58.6. The third-order valence-corrected chi connectivity index (χ3v) is 7.54. The standard InChI is InChI=1S/C11H16N4O.C10H13N3O.C8H12N2O.C7H11N3O/c1-5-16-11-9-10(13-8(4)14-11)15(6-12-9)7(2)3;1-6(2)13-5-11-9-8(13)4-7(3)12-10(9)14;1-6(2)10-5-4-8(11)9-7(10)3;1-5(2)10-4-3-6(8)9-7(10)11/h6-7H,5H2,1-4H3;4-6H,1-3H3,(H,12,14);4-6H,3H2,1-2H3,(H,9,11);3-5H,1-2H3,(H2,8,9,11). The van der Waals surface area contributed by atoms with Gasteiger partial charge in [0.05, 0.1) is 24.8 Å². The molecular formula is C36H52N12O4. The highest BCUT2D eigenvalue weighted by Crippen LogP contribution is 2.23. The number of ether oxygens (including phenoxy) is 1. The van der Waals surface area contributed by atoms with Gasteiger partial charge in [0, 0.05) is 48.3 Å². The molecule has 1 aliphatic heterocycles. The molecule has 16 nitrogen and oxygen atoms in total. The van der Waals surface area contributed by atoms with Crippen molar-refractivity contribution in [1.29, 1.82) is 0 Å². The van der Waals surface area contributed by atoms with E-state index in [1.54, 1.807) is 31.1 Å². The first kappa shape index (κ1) is 40.6. The minimum Gasteiger partial charge on any atom is -0.476 e. The Morgan fingerprint density at radius 1 is 0.846 bits per heavy atom. The molecule has 0 saturated heterocycles. The first-order valence-electron chi connectivity index (χ1n) is 17.2. The van der Waals surface area contributed by atoms with Crippen LogP contribution in [0.4, 0.5) is 5.82 Å². The third-order valence-electron chi connectivity index (χ3n) is 7.54. The van der Waals surface area contributed by atoms with Crippen LogP contribution in [0.3, 0.4) is 0 Å². The van der Waals surface area contributed by atoms with Crippen molar-refractivity contribution in [3.05, 3.63) is 88.0 Å². The van der Waals surface area contributed by atoms with Gasteiger partial charge in [-0.2, -0.15) is 9.97 Å². The molecule has 0 saturated carbocycles. The van der Waals surface area contributed by atoms with Crippen molar-refractivity contribution < 1.29 is 9.53 Å². The van der Waals surface area contributed by atoms with Crippen LogP contribution in [-0.2, 0) is 4.79 Å². The van der Waals surface area contributed by atoms with Crippen molar-refractivity contribution in [2.75, 3.05) is 12.3 Å². The number of nitrogens with two attached hydrogens (primary N) is 1. The number of carbonyl (C=O) groups excluding carboxylic acids is 1. The fourth-order valence-electron chi connectivity index (χ4n) is 4.98. The zero-order valence-electron chi connectivity index (χ0n) is 32.0. The predicted octanol–water partition coefficient (Wildman–Crippen LogP) is 4.95. The normalized spacial score (nSPS) is 12.5. The second-order valence-corrected chi connectivity index (χ2v) is 13.1. The maximum atomic E-state index is 11.5. The maximum absolute atomic E-state index is 11.5. The van der Waals surface area contributed by atoms with Gasteiger partial charge in [0.2, 0.25) is 5.88 Å². The number of rotatable bonds is 6. The van der Waals surface area contributed by atoms with Crippen molar-refractivity contribution in [3.63, 3.8) is 0 Å². The highest BCUT2D eigenvalue weighted by Gasteiger charge is 2.15. The van der Waals surface area contributed by atoms with Gasteiger partial charge in [-0.15, -0.1) is 0 Å². The van der Waals surface area contributed by atoms with Gasteiger partial charge in [-0.3, -0.25) is 14.2 Å². The number of imidazole rings is 2. The molecule has 0 spiro atoms. The van der Waals surface area contributed by atoms with Gasteiger partial charge in [-0.05, 0) is 88.3 Å². The Morgan fingerprint density at radius 2 is 1.46 bits per heavy atom. The van der Waals surface area contributed by atoms with Crippen LogP contribution < -0.4 is 27.0 Å². The zero-order valence-corrected chi connectivity index (χ0v) is 32.0. The minimum atomic E-state index is -0.292. The summed E-state index contributed by atoms with van der Waals surface area (Å²) in [5.41, 5.74) is 8.76. The second-order valence-electron chi connectivity index (χ2n) is 13.1. The molecule has 52 heavy (non-hydrogen) atoms. The molecule has 1 aliphatic rings. The summed E-state index contributed by atoms with van der Waals surface area (Å²) in [6, 6.07) is 4.68. The molecule has 0 bridgehead atoms. The van der Waals surface area contributed by atoms with Crippen molar-refractivity contribution >= 4 is 33.9 Å². The van der Waals surface area contributed by atoms with Crippen molar-refractivity contribution in [2.24, 2.45) is 0 Å². The van der Waals surface area contributed by atoms with Crippen LogP contribution in [-0.4, -0.2) is 67.1 Å². The fraction of sp³-hybridized carbons (Fsp3) is 0.444. The summed E-state index contributed by atoms with van der Waals surface area (Å²) >= 11 is 0. The lowest BCUT2D eigenvalue weighted by Gasteiger charge is -2.29. The van der Waals surface area contributed by atoms with E-state index in [-0.39, 0.29) is 29.0 Å². The van der Waals surface area contributed by atoms with Crippen LogP contribution in [0.5, 0.6) is 5.88 Å². The van der Waals surface area contributed by atoms with E-state index < -0.39 is 0 Å². The Bertz CT molecular complexity index is 2140. The number of nitrogens with one attached hydrogen (secondary N) is 2. The van der Waals surface area contributed by atoms with Crippen LogP contribution in [0.2, 0.25) is 0 Å². The number of aryl methyl sites for hydroxylation is 2. The number of hydrogen-bond acceptors (Lipinski definition) is 11. The minimum absolute atomic E-state index is 0.105. The van der Waals surface area contributed by atoms with E-state index in [4.69, 9.17) is 10.5 Å². The summed E-state index contributed by atoms with van der Waals surface area (Å²) in [6.45, 7) is 26.2. The molecule has 0 atom stereocenters. The summed E-state index contributed by atoms with van der Waals surface area (Å²) in [5, 5.41) is 2.62. The average Bonchev–Trinajstić information content (AvgIpc) is 3.67. The third kappa shape index (κ3) is 10.4. The van der Waals surface area contributed by atoms with Gasteiger partial charge in [0.15, 0.2) is 16.7 Å². The Hall–Kier alpha value is -5.80. The highest BCUT2D eigenvalue weighted by molar-refractivity contribution is 5.89. The fourth-order valence-corrected chi connectivity index (χ4v) is 4.98. The molecule has 5 aromatic rings. The van der Waals surface area contributed by atoms with Gasteiger partial charge in [0.1, 0.15) is 17.5 Å². The van der Waals surface area contributed by atoms with E-state index in [1.165, 1.54) is 10.6 Å². The summed E-state index contributed by atoms with van der Waals surface area (Å²) in [6.07, 6.45) is 8.38. The molecule has 0 fully saturated rings. The number of fused-ring (bicyclic) bond motifs is 2. The monoisotopic (exact) mass is 716 g/mol. The molecule has 0 radical (unpaired) electrons. The predicted molar refractivity (Wildman–Crippen MR) is 204 cm³/mol. The van der Waals surface area contributed by atoms with Gasteiger partial charge in [0.25, 0.3) is 11.5 Å². The number of anilines is 1. The van der Waals surface area contributed by atoms with E-state index in [0.29, 0.717) is 47.8 Å².